The first-order chi connectivity index (χ1) is 13.1. The third-order valence-electron chi connectivity index (χ3n) is 4.56. The number of piperazine rings is 1. The van der Waals surface area contributed by atoms with Crippen molar-refractivity contribution in [3.05, 3.63) is 28.8 Å². The van der Waals surface area contributed by atoms with Gasteiger partial charge in [0, 0.05) is 44.8 Å². The molecule has 2 heterocycles. The summed E-state index contributed by atoms with van der Waals surface area (Å²) < 4.78 is 10.6. The van der Waals surface area contributed by atoms with Gasteiger partial charge in [-0.3, -0.25) is 9.69 Å². The fraction of sp³-hybridized carbons (Fsp3) is 0.474. The molecule has 0 spiro atoms. The quantitative estimate of drug-likeness (QED) is 0.751. The van der Waals surface area contributed by atoms with Crippen molar-refractivity contribution < 1.29 is 14.3 Å². The van der Waals surface area contributed by atoms with Crippen LogP contribution in [0.2, 0.25) is 0 Å². The number of rotatable bonds is 7. The molecule has 0 aliphatic carbocycles. The zero-order chi connectivity index (χ0) is 19.2. The van der Waals surface area contributed by atoms with Crippen molar-refractivity contribution in [1.82, 2.24) is 20.5 Å². The van der Waals surface area contributed by atoms with E-state index in [1.807, 2.05) is 25.1 Å². The monoisotopic (exact) mass is 390 g/mol. The fourth-order valence-electron chi connectivity index (χ4n) is 3.04. The Morgan fingerprint density at radius 2 is 2.00 bits per heavy atom. The molecular weight excluding hydrogens is 364 g/mol. The lowest BCUT2D eigenvalue weighted by Crippen LogP contribution is -2.46. The highest BCUT2D eigenvalue weighted by molar-refractivity contribution is 7.17. The molecule has 7 nitrogen and oxygen atoms in total. The van der Waals surface area contributed by atoms with Crippen LogP contribution in [0.5, 0.6) is 11.5 Å². The molecule has 2 aromatic rings. The SMILES string of the molecule is COc1ccc(-c2nc(C)c(C(=O)NCCN3CCNCC3)s2)cc1OC. The number of carbonyl (C=O) groups is 1. The maximum Gasteiger partial charge on any atom is 0.263 e. The Bertz CT molecular complexity index is 787. The molecule has 0 radical (unpaired) electrons. The highest BCUT2D eigenvalue weighted by Gasteiger charge is 2.18. The molecule has 1 amide bonds. The van der Waals surface area contributed by atoms with E-state index in [0.29, 0.717) is 22.9 Å². The first-order valence-electron chi connectivity index (χ1n) is 9.03. The van der Waals surface area contributed by atoms with Crippen molar-refractivity contribution in [3.8, 4) is 22.1 Å². The number of nitrogens with zero attached hydrogens (tertiary/aromatic N) is 2. The van der Waals surface area contributed by atoms with Gasteiger partial charge in [0.15, 0.2) is 11.5 Å². The normalized spacial score (nSPS) is 14.8. The van der Waals surface area contributed by atoms with Gasteiger partial charge in [0.05, 0.1) is 19.9 Å². The van der Waals surface area contributed by atoms with Gasteiger partial charge in [-0.1, -0.05) is 0 Å². The summed E-state index contributed by atoms with van der Waals surface area (Å²) in [6.07, 6.45) is 0. The molecule has 1 aromatic heterocycles. The van der Waals surface area contributed by atoms with Crippen LogP contribution >= 0.6 is 11.3 Å². The van der Waals surface area contributed by atoms with Crippen molar-refractivity contribution in [3.63, 3.8) is 0 Å². The summed E-state index contributed by atoms with van der Waals surface area (Å²) in [5.74, 6) is 1.25. The standard InChI is InChI=1S/C19H26N4O3S/c1-13-17(18(24)21-8-11-23-9-6-20-7-10-23)27-19(22-13)14-4-5-15(25-2)16(12-14)26-3/h4-5,12,20H,6-11H2,1-3H3,(H,21,24). The molecule has 1 aliphatic rings. The summed E-state index contributed by atoms with van der Waals surface area (Å²) in [5.41, 5.74) is 1.64. The van der Waals surface area contributed by atoms with Crippen LogP contribution in [0.15, 0.2) is 18.2 Å². The molecule has 0 unspecified atom stereocenters. The lowest BCUT2D eigenvalue weighted by atomic mass is 10.2. The number of ether oxygens (including phenoxy) is 2. The molecular formula is C19H26N4O3S. The molecule has 0 bridgehead atoms. The minimum absolute atomic E-state index is 0.0631. The van der Waals surface area contributed by atoms with E-state index in [4.69, 9.17) is 9.47 Å². The number of methoxy groups -OCH3 is 2. The number of hydrogen-bond donors (Lipinski definition) is 2. The number of benzene rings is 1. The minimum atomic E-state index is -0.0631. The molecule has 2 N–H and O–H groups in total. The number of nitrogens with one attached hydrogen (secondary N) is 2. The van der Waals surface area contributed by atoms with Crippen LogP contribution < -0.4 is 20.1 Å². The van der Waals surface area contributed by atoms with Crippen molar-refractivity contribution in [2.75, 3.05) is 53.5 Å². The maximum absolute atomic E-state index is 12.6. The zero-order valence-corrected chi connectivity index (χ0v) is 16.8. The summed E-state index contributed by atoms with van der Waals surface area (Å²) in [6.45, 7) is 7.45. The number of carbonyl (C=O) groups excluding carboxylic acids is 1. The van der Waals surface area contributed by atoms with Gasteiger partial charge in [0.25, 0.3) is 5.91 Å². The predicted molar refractivity (Wildman–Crippen MR) is 107 cm³/mol. The maximum atomic E-state index is 12.6. The van der Waals surface area contributed by atoms with E-state index < -0.39 is 0 Å². The fourth-order valence-corrected chi connectivity index (χ4v) is 4.02. The highest BCUT2D eigenvalue weighted by atomic mass is 32.1. The molecule has 1 aromatic carbocycles. The van der Waals surface area contributed by atoms with Gasteiger partial charge in [-0.15, -0.1) is 11.3 Å². The second-order valence-corrected chi connectivity index (χ2v) is 7.35. The molecule has 1 saturated heterocycles. The van der Waals surface area contributed by atoms with Gasteiger partial charge in [0.1, 0.15) is 9.88 Å². The van der Waals surface area contributed by atoms with Gasteiger partial charge in [-0.05, 0) is 25.1 Å². The average molecular weight is 391 g/mol. The highest BCUT2D eigenvalue weighted by Crippen LogP contribution is 2.34. The molecule has 0 saturated carbocycles. The number of aryl methyl sites for hydroxylation is 1. The van der Waals surface area contributed by atoms with E-state index in [2.05, 4.69) is 20.5 Å². The molecule has 1 aliphatic heterocycles. The van der Waals surface area contributed by atoms with E-state index >= 15 is 0 Å². The molecule has 3 rings (SSSR count). The smallest absolute Gasteiger partial charge is 0.263 e. The Morgan fingerprint density at radius 1 is 1.26 bits per heavy atom. The largest absolute Gasteiger partial charge is 0.493 e. The number of thiazole rings is 1. The van der Waals surface area contributed by atoms with Crippen LogP contribution in [-0.2, 0) is 0 Å². The van der Waals surface area contributed by atoms with E-state index in [1.54, 1.807) is 14.2 Å². The summed E-state index contributed by atoms with van der Waals surface area (Å²) in [4.78, 5) is 20.1. The number of amides is 1. The lowest BCUT2D eigenvalue weighted by Gasteiger charge is -2.27. The van der Waals surface area contributed by atoms with E-state index in [-0.39, 0.29) is 5.91 Å². The Hall–Kier alpha value is -2.16. The molecule has 146 valence electrons. The Balaban J connectivity index is 1.65. The molecule has 1 fully saturated rings. The first kappa shape index (κ1) is 19.6. The molecule has 27 heavy (non-hydrogen) atoms. The Kier molecular flexibility index (Phi) is 6.65. The Morgan fingerprint density at radius 3 is 2.70 bits per heavy atom. The second-order valence-electron chi connectivity index (χ2n) is 6.35. The van der Waals surface area contributed by atoms with Crippen LogP contribution in [0, 0.1) is 6.92 Å². The van der Waals surface area contributed by atoms with Crippen molar-refractivity contribution in [1.29, 1.82) is 0 Å². The predicted octanol–water partition coefficient (Wildman–Crippen LogP) is 1.77. The molecule has 0 atom stereocenters. The van der Waals surface area contributed by atoms with Crippen LogP contribution in [0.1, 0.15) is 15.4 Å². The average Bonchev–Trinajstić information content (AvgIpc) is 3.10. The summed E-state index contributed by atoms with van der Waals surface area (Å²) >= 11 is 1.40. The number of aromatic nitrogens is 1. The van der Waals surface area contributed by atoms with Crippen LogP contribution in [0.3, 0.4) is 0 Å². The summed E-state index contributed by atoms with van der Waals surface area (Å²) in [6, 6.07) is 5.65. The summed E-state index contributed by atoms with van der Waals surface area (Å²) in [7, 11) is 3.21. The van der Waals surface area contributed by atoms with Crippen molar-refractivity contribution >= 4 is 17.2 Å². The van der Waals surface area contributed by atoms with Gasteiger partial charge in [-0.25, -0.2) is 4.98 Å². The topological polar surface area (TPSA) is 75.7 Å². The second kappa shape index (κ2) is 9.16. The third kappa shape index (κ3) is 4.77. The Labute approximate surface area is 163 Å². The van der Waals surface area contributed by atoms with Crippen LogP contribution in [0.4, 0.5) is 0 Å². The van der Waals surface area contributed by atoms with Gasteiger partial charge in [0.2, 0.25) is 0 Å². The summed E-state index contributed by atoms with van der Waals surface area (Å²) in [5, 5.41) is 7.14. The first-order valence-corrected chi connectivity index (χ1v) is 9.85. The van der Waals surface area contributed by atoms with E-state index in [1.165, 1.54) is 11.3 Å². The molecule has 8 heteroatoms. The van der Waals surface area contributed by atoms with Crippen molar-refractivity contribution in [2.24, 2.45) is 0 Å². The number of hydrogen-bond acceptors (Lipinski definition) is 7. The van der Waals surface area contributed by atoms with E-state index in [0.717, 1.165) is 49.0 Å². The van der Waals surface area contributed by atoms with Crippen LogP contribution in [0.25, 0.3) is 10.6 Å². The minimum Gasteiger partial charge on any atom is -0.493 e. The van der Waals surface area contributed by atoms with E-state index in [9.17, 15) is 4.79 Å². The van der Waals surface area contributed by atoms with Gasteiger partial charge >= 0.3 is 0 Å². The lowest BCUT2D eigenvalue weighted by molar-refractivity contribution is 0.0950. The zero-order valence-electron chi connectivity index (χ0n) is 16.0. The van der Waals surface area contributed by atoms with Gasteiger partial charge in [-0.2, -0.15) is 0 Å². The third-order valence-corrected chi connectivity index (χ3v) is 5.76. The van der Waals surface area contributed by atoms with Crippen LogP contribution in [-0.4, -0.2) is 69.3 Å². The van der Waals surface area contributed by atoms with Crippen molar-refractivity contribution in [2.45, 2.75) is 6.92 Å². The van der Waals surface area contributed by atoms with Gasteiger partial charge < -0.3 is 20.1 Å².